The zero-order valence-electron chi connectivity index (χ0n) is 11.5. The van der Waals surface area contributed by atoms with Gasteiger partial charge in [-0.25, -0.2) is 0 Å². The molecule has 0 bridgehead atoms. The Morgan fingerprint density at radius 1 is 1.32 bits per heavy atom. The summed E-state index contributed by atoms with van der Waals surface area (Å²) in [6.45, 7) is 5.00. The number of hydrogen-bond donors (Lipinski definition) is 1. The molecule has 1 atom stereocenters. The highest BCUT2D eigenvalue weighted by molar-refractivity contribution is 5.99. The van der Waals surface area contributed by atoms with Crippen molar-refractivity contribution in [3.8, 4) is 0 Å². The number of nitrogens with one attached hydrogen (secondary N) is 1. The molecule has 4 heteroatoms. The van der Waals surface area contributed by atoms with Crippen molar-refractivity contribution in [3.05, 3.63) is 23.5 Å². The molecule has 1 aromatic heterocycles. The van der Waals surface area contributed by atoms with Gasteiger partial charge in [0.05, 0.1) is 0 Å². The van der Waals surface area contributed by atoms with E-state index in [9.17, 15) is 9.59 Å². The molecule has 1 aliphatic carbocycles. The van der Waals surface area contributed by atoms with Crippen LogP contribution in [0.3, 0.4) is 0 Å². The molecule has 1 fully saturated rings. The van der Waals surface area contributed by atoms with E-state index < -0.39 is 0 Å². The van der Waals surface area contributed by atoms with Gasteiger partial charge >= 0.3 is 0 Å². The average Bonchev–Trinajstić information content (AvgIpc) is 2.72. The highest BCUT2D eigenvalue weighted by Gasteiger charge is 2.35. The van der Waals surface area contributed by atoms with Crippen LogP contribution >= 0.6 is 0 Å². The molecule has 0 radical (unpaired) electrons. The van der Waals surface area contributed by atoms with Crippen molar-refractivity contribution < 1.29 is 9.59 Å². The Morgan fingerprint density at radius 3 is 2.84 bits per heavy atom. The first kappa shape index (κ1) is 12.5. The summed E-state index contributed by atoms with van der Waals surface area (Å²) in [6.07, 6.45) is 5.24. The summed E-state index contributed by atoms with van der Waals surface area (Å²) in [5, 5.41) is 2.91. The van der Waals surface area contributed by atoms with Crippen LogP contribution in [-0.4, -0.2) is 22.8 Å². The molecule has 1 N–H and O–H groups in total. The lowest BCUT2D eigenvalue weighted by Gasteiger charge is -2.32. The first-order valence-electron chi connectivity index (χ1n) is 6.98. The molecule has 4 nitrogen and oxygen atoms in total. The molecular weight excluding hydrogens is 240 g/mol. The lowest BCUT2D eigenvalue weighted by Crippen LogP contribution is -2.39. The van der Waals surface area contributed by atoms with E-state index in [-0.39, 0.29) is 23.1 Å². The van der Waals surface area contributed by atoms with E-state index in [1.54, 1.807) is 0 Å². The zero-order chi connectivity index (χ0) is 13.6. The van der Waals surface area contributed by atoms with Crippen LogP contribution in [0.4, 0.5) is 0 Å². The number of nitrogens with zero attached hydrogens (tertiary/aromatic N) is 1. The molecule has 1 aliphatic heterocycles. The maximum absolute atomic E-state index is 12.2. The van der Waals surface area contributed by atoms with E-state index >= 15 is 0 Å². The van der Waals surface area contributed by atoms with Gasteiger partial charge in [0.2, 0.25) is 5.91 Å². The number of aromatic nitrogens is 1. The van der Waals surface area contributed by atoms with Crippen LogP contribution < -0.4 is 5.32 Å². The number of amides is 1. The zero-order valence-corrected chi connectivity index (χ0v) is 11.5. The van der Waals surface area contributed by atoms with Gasteiger partial charge in [-0.3, -0.25) is 9.59 Å². The lowest BCUT2D eigenvalue weighted by molar-refractivity contribution is -0.125. The maximum Gasteiger partial charge on any atom is 0.243 e. The third-order valence-electron chi connectivity index (χ3n) is 4.20. The number of carbonyl (C=O) groups is 2. The Bertz CT molecular complexity index is 542. The normalized spacial score (nSPS) is 25.9. The number of rotatable bonds is 1. The van der Waals surface area contributed by atoms with E-state index in [4.69, 9.17) is 0 Å². The molecule has 0 saturated carbocycles. The Labute approximate surface area is 113 Å². The largest absolute Gasteiger partial charge is 0.354 e. The lowest BCUT2D eigenvalue weighted by atomic mass is 9.76. The summed E-state index contributed by atoms with van der Waals surface area (Å²) >= 11 is 0. The SMILES string of the molecule is CC1(C)CC(=O)c2ccn(C3CCCNC3=O)c2C1. The first-order chi connectivity index (χ1) is 8.98. The predicted molar refractivity (Wildman–Crippen MR) is 72.1 cm³/mol. The number of hydrogen-bond acceptors (Lipinski definition) is 2. The van der Waals surface area contributed by atoms with Crippen LogP contribution in [0.5, 0.6) is 0 Å². The monoisotopic (exact) mass is 260 g/mol. The number of Topliss-reactive ketones (excluding diaryl/α,β-unsaturated/α-hetero) is 1. The van der Waals surface area contributed by atoms with Crippen molar-refractivity contribution >= 4 is 11.7 Å². The second-order valence-electron chi connectivity index (χ2n) is 6.47. The second-order valence-corrected chi connectivity index (χ2v) is 6.47. The summed E-state index contributed by atoms with van der Waals surface area (Å²) in [6, 6.07) is 1.74. The Morgan fingerprint density at radius 2 is 2.11 bits per heavy atom. The van der Waals surface area contributed by atoms with Crippen LogP contribution in [0.15, 0.2) is 12.3 Å². The molecular formula is C15H20N2O2. The maximum atomic E-state index is 12.2. The van der Waals surface area contributed by atoms with Crippen molar-refractivity contribution in [2.24, 2.45) is 5.41 Å². The van der Waals surface area contributed by atoms with Gasteiger partial charge in [-0.2, -0.15) is 0 Å². The molecule has 0 spiro atoms. The molecule has 19 heavy (non-hydrogen) atoms. The molecule has 2 heterocycles. The van der Waals surface area contributed by atoms with Crippen LogP contribution in [-0.2, 0) is 11.2 Å². The second kappa shape index (κ2) is 4.22. The molecule has 2 aliphatic rings. The van der Waals surface area contributed by atoms with Crippen molar-refractivity contribution in [3.63, 3.8) is 0 Å². The van der Waals surface area contributed by atoms with Crippen molar-refractivity contribution in [1.29, 1.82) is 0 Å². The van der Waals surface area contributed by atoms with Gasteiger partial charge in [0.15, 0.2) is 5.78 Å². The average molecular weight is 260 g/mol. The molecule has 1 saturated heterocycles. The first-order valence-corrected chi connectivity index (χ1v) is 6.98. The van der Waals surface area contributed by atoms with Gasteiger partial charge in [-0.1, -0.05) is 13.8 Å². The van der Waals surface area contributed by atoms with Crippen LogP contribution in [0.25, 0.3) is 0 Å². The van der Waals surface area contributed by atoms with Gasteiger partial charge in [-0.05, 0) is 30.7 Å². The van der Waals surface area contributed by atoms with Gasteiger partial charge in [0, 0.05) is 30.4 Å². The van der Waals surface area contributed by atoms with Gasteiger partial charge in [0.1, 0.15) is 6.04 Å². The summed E-state index contributed by atoms with van der Waals surface area (Å²) in [5.74, 6) is 0.293. The van der Waals surface area contributed by atoms with Crippen LogP contribution in [0.1, 0.15) is 55.2 Å². The third-order valence-corrected chi connectivity index (χ3v) is 4.20. The van der Waals surface area contributed by atoms with Crippen molar-refractivity contribution in [1.82, 2.24) is 9.88 Å². The van der Waals surface area contributed by atoms with Crippen LogP contribution in [0, 0.1) is 5.41 Å². The van der Waals surface area contributed by atoms with Crippen LogP contribution in [0.2, 0.25) is 0 Å². The van der Waals surface area contributed by atoms with E-state index in [1.165, 1.54) is 0 Å². The molecule has 0 aromatic carbocycles. The summed E-state index contributed by atoms with van der Waals surface area (Å²) < 4.78 is 2.03. The number of fused-ring (bicyclic) bond motifs is 1. The number of piperidine rings is 1. The minimum Gasteiger partial charge on any atom is -0.354 e. The number of ketones is 1. The van der Waals surface area contributed by atoms with E-state index in [1.807, 2.05) is 16.8 Å². The number of carbonyl (C=O) groups excluding carboxylic acids is 2. The fraction of sp³-hybridized carbons (Fsp3) is 0.600. The minimum atomic E-state index is -0.140. The fourth-order valence-corrected chi connectivity index (χ4v) is 3.28. The summed E-state index contributed by atoms with van der Waals surface area (Å²) in [7, 11) is 0. The molecule has 102 valence electrons. The summed E-state index contributed by atoms with van der Waals surface area (Å²) in [5.41, 5.74) is 1.85. The highest BCUT2D eigenvalue weighted by Crippen LogP contribution is 2.37. The fourth-order valence-electron chi connectivity index (χ4n) is 3.28. The van der Waals surface area contributed by atoms with Gasteiger partial charge in [0.25, 0.3) is 0 Å². The van der Waals surface area contributed by atoms with E-state index in [2.05, 4.69) is 19.2 Å². The standard InChI is InChI=1S/C15H20N2O2/c1-15(2)8-12-10(13(18)9-15)5-7-17(12)11-4-3-6-16-14(11)19/h5,7,11H,3-4,6,8-9H2,1-2H3,(H,16,19). The topological polar surface area (TPSA) is 51.1 Å². The Kier molecular flexibility index (Phi) is 2.77. The highest BCUT2D eigenvalue weighted by atomic mass is 16.2. The quantitative estimate of drug-likeness (QED) is 0.840. The predicted octanol–water partition coefficient (Wildman–Crippen LogP) is 2.09. The smallest absolute Gasteiger partial charge is 0.243 e. The Hall–Kier alpha value is -1.58. The third kappa shape index (κ3) is 2.09. The van der Waals surface area contributed by atoms with Gasteiger partial charge < -0.3 is 9.88 Å². The van der Waals surface area contributed by atoms with E-state index in [0.717, 1.165) is 37.1 Å². The molecule has 3 rings (SSSR count). The molecule has 1 aromatic rings. The van der Waals surface area contributed by atoms with Gasteiger partial charge in [-0.15, -0.1) is 0 Å². The molecule has 1 amide bonds. The Balaban J connectivity index is 2.01. The summed E-state index contributed by atoms with van der Waals surface area (Å²) in [4.78, 5) is 24.2. The van der Waals surface area contributed by atoms with Crippen molar-refractivity contribution in [2.45, 2.75) is 45.6 Å². The van der Waals surface area contributed by atoms with Crippen molar-refractivity contribution in [2.75, 3.05) is 6.54 Å². The molecule has 1 unspecified atom stereocenters. The van der Waals surface area contributed by atoms with E-state index in [0.29, 0.717) is 6.42 Å². The minimum absolute atomic E-state index is 0.00860.